The number of piperazine rings is 1. The third kappa shape index (κ3) is 3.45. The van der Waals surface area contributed by atoms with Crippen LogP contribution in [0.4, 0.5) is 13.2 Å². The van der Waals surface area contributed by atoms with Crippen LogP contribution in [-0.4, -0.2) is 46.1 Å². The lowest BCUT2D eigenvalue weighted by Gasteiger charge is -2.25. The van der Waals surface area contributed by atoms with Crippen molar-refractivity contribution in [2.45, 2.75) is 12.7 Å². The number of nitrogens with one attached hydrogen (secondary N) is 1. The smallest absolute Gasteiger partial charge is 0.314 e. The van der Waals surface area contributed by atoms with Crippen molar-refractivity contribution in [2.75, 3.05) is 26.2 Å². The molecule has 3 rings (SSSR count). The Kier molecular flexibility index (Phi) is 4.12. The summed E-state index contributed by atoms with van der Waals surface area (Å²) in [4.78, 5) is 2.23. The second-order valence-corrected chi connectivity index (χ2v) is 5.23. The van der Waals surface area contributed by atoms with E-state index in [1.54, 1.807) is 12.3 Å². The number of alkyl halides is 3. The molecule has 0 unspecified atom stereocenters. The molecular weight excluding hydrogens is 295 g/mol. The lowest BCUT2D eigenvalue weighted by molar-refractivity contribution is -0.137. The topological polar surface area (TPSA) is 46.0 Å². The van der Waals surface area contributed by atoms with Gasteiger partial charge in [0.2, 0.25) is 0 Å². The van der Waals surface area contributed by atoms with Crippen LogP contribution in [0.3, 0.4) is 0 Å². The van der Waals surface area contributed by atoms with Gasteiger partial charge in [-0.25, -0.2) is 4.68 Å². The standard InChI is InChI=1S/C14H16F3N5/c15-14(16,17)11-2-1-3-13(8-11)22-10-12(19-20-22)9-21-6-4-18-5-7-21/h1-3,8,10,18H,4-7,9H2. The average molecular weight is 311 g/mol. The van der Waals surface area contributed by atoms with E-state index in [-0.39, 0.29) is 0 Å². The number of nitrogens with zero attached hydrogens (tertiary/aromatic N) is 4. The van der Waals surface area contributed by atoms with Crippen LogP contribution in [-0.2, 0) is 12.7 Å². The van der Waals surface area contributed by atoms with Gasteiger partial charge in [0.05, 0.1) is 23.1 Å². The van der Waals surface area contributed by atoms with E-state index >= 15 is 0 Å². The summed E-state index contributed by atoms with van der Waals surface area (Å²) in [6.07, 6.45) is -2.68. The molecule has 1 aromatic heterocycles. The molecule has 0 saturated carbocycles. The van der Waals surface area contributed by atoms with E-state index in [1.165, 1.54) is 10.7 Å². The summed E-state index contributed by atoms with van der Waals surface area (Å²) in [5, 5.41) is 11.2. The minimum Gasteiger partial charge on any atom is -0.314 e. The minimum atomic E-state index is -4.36. The lowest BCUT2D eigenvalue weighted by atomic mass is 10.2. The number of hydrogen-bond donors (Lipinski definition) is 1. The molecule has 1 aliphatic rings. The van der Waals surface area contributed by atoms with Crippen LogP contribution >= 0.6 is 0 Å². The number of hydrogen-bond acceptors (Lipinski definition) is 4. The first-order chi connectivity index (χ1) is 10.5. The molecule has 0 atom stereocenters. The van der Waals surface area contributed by atoms with Crippen LogP contribution < -0.4 is 5.32 Å². The van der Waals surface area contributed by atoms with Gasteiger partial charge in [-0.15, -0.1) is 5.10 Å². The summed E-state index contributed by atoms with van der Waals surface area (Å²) in [6, 6.07) is 5.07. The summed E-state index contributed by atoms with van der Waals surface area (Å²) in [5.41, 5.74) is 0.414. The first-order valence-corrected chi connectivity index (χ1v) is 7.04. The number of benzene rings is 1. The Morgan fingerprint density at radius 2 is 1.95 bits per heavy atom. The fourth-order valence-electron chi connectivity index (χ4n) is 2.42. The summed E-state index contributed by atoms with van der Waals surface area (Å²) < 4.78 is 39.6. The minimum absolute atomic E-state index is 0.355. The Hall–Kier alpha value is -1.93. The molecule has 1 aliphatic heterocycles. The lowest BCUT2D eigenvalue weighted by Crippen LogP contribution is -2.42. The van der Waals surface area contributed by atoms with Crippen LogP contribution in [0.5, 0.6) is 0 Å². The molecule has 118 valence electrons. The van der Waals surface area contributed by atoms with E-state index < -0.39 is 11.7 Å². The molecule has 0 aliphatic carbocycles. The SMILES string of the molecule is FC(F)(F)c1cccc(-n2cc(CN3CCNCC3)nn2)c1. The maximum absolute atomic E-state index is 12.7. The quantitative estimate of drug-likeness (QED) is 0.937. The van der Waals surface area contributed by atoms with E-state index in [1.807, 2.05) is 0 Å². The van der Waals surface area contributed by atoms with Crippen molar-refractivity contribution in [1.82, 2.24) is 25.2 Å². The zero-order chi connectivity index (χ0) is 15.6. The molecule has 22 heavy (non-hydrogen) atoms. The van der Waals surface area contributed by atoms with Crippen LogP contribution in [0.1, 0.15) is 11.3 Å². The van der Waals surface area contributed by atoms with Gasteiger partial charge in [0, 0.05) is 32.7 Å². The zero-order valence-electron chi connectivity index (χ0n) is 11.8. The van der Waals surface area contributed by atoms with Crippen LogP contribution in [0, 0.1) is 0 Å². The summed E-state index contributed by atoms with van der Waals surface area (Å²) in [7, 11) is 0. The molecule has 0 amide bonds. The molecule has 2 aromatic rings. The zero-order valence-corrected chi connectivity index (χ0v) is 11.8. The van der Waals surface area contributed by atoms with Gasteiger partial charge in [0.1, 0.15) is 0 Å². The second-order valence-electron chi connectivity index (χ2n) is 5.23. The van der Waals surface area contributed by atoms with Crippen LogP contribution in [0.25, 0.3) is 5.69 Å². The highest BCUT2D eigenvalue weighted by molar-refractivity contribution is 5.36. The highest BCUT2D eigenvalue weighted by atomic mass is 19.4. The fraction of sp³-hybridized carbons (Fsp3) is 0.429. The highest BCUT2D eigenvalue weighted by Crippen LogP contribution is 2.30. The summed E-state index contributed by atoms with van der Waals surface area (Å²) >= 11 is 0. The van der Waals surface area contributed by atoms with Gasteiger partial charge in [-0.3, -0.25) is 4.90 Å². The molecular formula is C14H16F3N5. The highest BCUT2D eigenvalue weighted by Gasteiger charge is 2.30. The van der Waals surface area contributed by atoms with Gasteiger partial charge >= 0.3 is 6.18 Å². The first kappa shape index (κ1) is 15.0. The predicted octanol–water partition coefficient (Wildman–Crippen LogP) is 1.69. The third-order valence-corrected chi connectivity index (χ3v) is 3.57. The summed E-state index contributed by atoms with van der Waals surface area (Å²) in [6.45, 7) is 4.37. The van der Waals surface area contributed by atoms with Crippen LogP contribution in [0.15, 0.2) is 30.5 Å². The number of halogens is 3. The Labute approximate surface area is 125 Å². The molecule has 5 nitrogen and oxygen atoms in total. The van der Waals surface area contributed by atoms with E-state index in [2.05, 4.69) is 20.5 Å². The number of aromatic nitrogens is 3. The van der Waals surface area contributed by atoms with E-state index in [4.69, 9.17) is 0 Å². The molecule has 1 fully saturated rings. The van der Waals surface area contributed by atoms with Gasteiger partial charge in [0.25, 0.3) is 0 Å². The van der Waals surface area contributed by atoms with Crippen molar-refractivity contribution in [3.05, 3.63) is 41.7 Å². The molecule has 1 aromatic carbocycles. The summed E-state index contributed by atoms with van der Waals surface area (Å²) in [5.74, 6) is 0. The molecule has 8 heteroatoms. The van der Waals surface area contributed by atoms with Crippen molar-refractivity contribution in [3.63, 3.8) is 0 Å². The second kappa shape index (κ2) is 6.05. The van der Waals surface area contributed by atoms with Crippen molar-refractivity contribution in [1.29, 1.82) is 0 Å². The molecule has 0 spiro atoms. The monoisotopic (exact) mass is 311 g/mol. The maximum atomic E-state index is 12.7. The molecule has 1 N–H and O–H groups in total. The van der Waals surface area contributed by atoms with Crippen molar-refractivity contribution in [3.8, 4) is 5.69 Å². The van der Waals surface area contributed by atoms with Gasteiger partial charge < -0.3 is 5.32 Å². The maximum Gasteiger partial charge on any atom is 0.416 e. The van der Waals surface area contributed by atoms with E-state index in [0.717, 1.165) is 44.0 Å². The third-order valence-electron chi connectivity index (χ3n) is 3.57. The van der Waals surface area contributed by atoms with Crippen molar-refractivity contribution >= 4 is 0 Å². The predicted molar refractivity (Wildman–Crippen MR) is 74.5 cm³/mol. The van der Waals surface area contributed by atoms with Gasteiger partial charge in [0.15, 0.2) is 0 Å². The molecule has 2 heterocycles. The van der Waals surface area contributed by atoms with Crippen LogP contribution in [0.2, 0.25) is 0 Å². The van der Waals surface area contributed by atoms with Crippen molar-refractivity contribution in [2.24, 2.45) is 0 Å². The fourth-order valence-corrected chi connectivity index (χ4v) is 2.42. The first-order valence-electron chi connectivity index (χ1n) is 7.04. The largest absolute Gasteiger partial charge is 0.416 e. The Morgan fingerprint density at radius 3 is 2.68 bits per heavy atom. The number of rotatable bonds is 3. The van der Waals surface area contributed by atoms with Gasteiger partial charge in [-0.2, -0.15) is 13.2 Å². The molecule has 0 bridgehead atoms. The van der Waals surface area contributed by atoms with Gasteiger partial charge in [-0.05, 0) is 18.2 Å². The molecule has 1 saturated heterocycles. The average Bonchev–Trinajstić information content (AvgIpc) is 2.96. The Bertz CT molecular complexity index is 631. The van der Waals surface area contributed by atoms with Crippen molar-refractivity contribution < 1.29 is 13.2 Å². The Morgan fingerprint density at radius 1 is 1.18 bits per heavy atom. The van der Waals surface area contributed by atoms with E-state index in [0.29, 0.717) is 12.2 Å². The van der Waals surface area contributed by atoms with Gasteiger partial charge in [-0.1, -0.05) is 11.3 Å². The Balaban J connectivity index is 1.75. The van der Waals surface area contributed by atoms with E-state index in [9.17, 15) is 13.2 Å². The molecule has 0 radical (unpaired) electrons. The normalized spacial score (nSPS) is 16.9.